The number of aryl methyl sites for hydroxylation is 1. The summed E-state index contributed by atoms with van der Waals surface area (Å²) in [6.45, 7) is 2.10. The highest BCUT2D eigenvalue weighted by Crippen LogP contribution is 2.21. The average molecular weight is 359 g/mol. The van der Waals surface area contributed by atoms with Crippen molar-refractivity contribution in [3.63, 3.8) is 0 Å². The van der Waals surface area contributed by atoms with Crippen LogP contribution in [0, 0.1) is 6.92 Å². The largest absolute Gasteiger partial charge is 0.484 e. The molecular weight excluding hydrogens is 342 g/mol. The number of hydrogen-bond acceptors (Lipinski definition) is 6. The number of furan rings is 1. The molecule has 2 aromatic rings. The summed E-state index contributed by atoms with van der Waals surface area (Å²) < 4.78 is 10.6. The molecule has 0 aliphatic carbocycles. The quantitative estimate of drug-likeness (QED) is 0.799. The van der Waals surface area contributed by atoms with Crippen LogP contribution in [-0.4, -0.2) is 34.2 Å². The van der Waals surface area contributed by atoms with Gasteiger partial charge in [0, 0.05) is 0 Å². The first-order valence-electron chi connectivity index (χ1n) is 7.63. The predicted molar refractivity (Wildman–Crippen MR) is 94.0 cm³/mol. The van der Waals surface area contributed by atoms with Crippen molar-refractivity contribution >= 4 is 28.7 Å². The van der Waals surface area contributed by atoms with E-state index in [-0.39, 0.29) is 24.8 Å². The summed E-state index contributed by atoms with van der Waals surface area (Å²) in [5.74, 6) is 1.07. The Balaban J connectivity index is 1.53. The van der Waals surface area contributed by atoms with Gasteiger partial charge in [0.1, 0.15) is 11.5 Å². The van der Waals surface area contributed by atoms with E-state index >= 15 is 0 Å². The zero-order valence-electron chi connectivity index (χ0n) is 13.6. The van der Waals surface area contributed by atoms with Gasteiger partial charge in [-0.05, 0) is 31.2 Å². The fourth-order valence-corrected chi connectivity index (χ4v) is 2.96. The second kappa shape index (κ2) is 7.89. The third-order valence-corrected chi connectivity index (χ3v) is 4.38. The van der Waals surface area contributed by atoms with Crippen molar-refractivity contribution in [2.75, 3.05) is 12.4 Å². The first kappa shape index (κ1) is 17.1. The Morgan fingerprint density at radius 2 is 2.16 bits per heavy atom. The van der Waals surface area contributed by atoms with E-state index in [0.29, 0.717) is 16.7 Å². The lowest BCUT2D eigenvalue weighted by Crippen LogP contribution is -2.32. The second-order valence-electron chi connectivity index (χ2n) is 5.38. The molecule has 130 valence electrons. The molecule has 2 heterocycles. The van der Waals surface area contributed by atoms with Crippen LogP contribution in [0.2, 0.25) is 0 Å². The van der Waals surface area contributed by atoms with Gasteiger partial charge >= 0.3 is 0 Å². The molecule has 0 spiro atoms. The van der Waals surface area contributed by atoms with Crippen molar-refractivity contribution in [3.8, 4) is 5.75 Å². The molecule has 0 unspecified atom stereocenters. The van der Waals surface area contributed by atoms with Gasteiger partial charge in [-0.15, -0.1) is 5.10 Å². The zero-order valence-corrected chi connectivity index (χ0v) is 14.4. The molecule has 0 bridgehead atoms. The molecule has 1 N–H and O–H groups in total. The van der Waals surface area contributed by atoms with Crippen LogP contribution in [0.15, 0.2) is 52.2 Å². The van der Waals surface area contributed by atoms with Crippen molar-refractivity contribution in [2.24, 2.45) is 5.10 Å². The van der Waals surface area contributed by atoms with Crippen LogP contribution in [0.25, 0.3) is 0 Å². The highest BCUT2D eigenvalue weighted by Gasteiger charge is 2.29. The van der Waals surface area contributed by atoms with Gasteiger partial charge in [-0.3, -0.25) is 14.5 Å². The van der Waals surface area contributed by atoms with Gasteiger partial charge < -0.3 is 9.15 Å². The first-order valence-corrected chi connectivity index (χ1v) is 8.62. The number of carbonyl (C=O) groups is 2. The highest BCUT2D eigenvalue weighted by molar-refractivity contribution is 8.15. The van der Waals surface area contributed by atoms with E-state index in [1.54, 1.807) is 30.5 Å². The van der Waals surface area contributed by atoms with E-state index < -0.39 is 5.91 Å². The maximum atomic E-state index is 11.9. The van der Waals surface area contributed by atoms with Crippen LogP contribution < -0.4 is 10.2 Å². The third-order valence-electron chi connectivity index (χ3n) is 3.42. The van der Waals surface area contributed by atoms with Gasteiger partial charge in [0.05, 0.1) is 18.6 Å². The summed E-state index contributed by atoms with van der Waals surface area (Å²) in [6, 6.07) is 10.9. The fraction of sp³-hybridized carbons (Fsp3) is 0.235. The zero-order chi connectivity index (χ0) is 17.6. The molecule has 1 aliphatic rings. The van der Waals surface area contributed by atoms with Gasteiger partial charge in [-0.1, -0.05) is 29.5 Å². The van der Waals surface area contributed by atoms with Gasteiger partial charge in [-0.2, -0.15) is 0 Å². The normalized spacial score (nSPS) is 15.6. The minimum Gasteiger partial charge on any atom is -0.484 e. The maximum Gasteiger partial charge on any atom is 0.278 e. The average Bonchev–Trinajstić information content (AvgIpc) is 3.24. The Hall–Kier alpha value is -2.74. The molecule has 1 fully saturated rings. The Morgan fingerprint density at radius 3 is 2.88 bits per heavy atom. The van der Waals surface area contributed by atoms with E-state index in [0.717, 1.165) is 5.56 Å². The molecule has 1 aromatic carbocycles. The topological polar surface area (TPSA) is 84.1 Å². The number of amidine groups is 1. The van der Waals surface area contributed by atoms with Gasteiger partial charge in [-0.25, -0.2) is 5.43 Å². The summed E-state index contributed by atoms with van der Waals surface area (Å²) in [5.41, 5.74) is 3.53. The molecule has 25 heavy (non-hydrogen) atoms. The van der Waals surface area contributed by atoms with Crippen LogP contribution in [0.4, 0.5) is 0 Å². The van der Waals surface area contributed by atoms with Crippen molar-refractivity contribution in [3.05, 3.63) is 54.0 Å². The van der Waals surface area contributed by atoms with Crippen LogP contribution >= 0.6 is 11.8 Å². The van der Waals surface area contributed by atoms with Crippen LogP contribution in [0.1, 0.15) is 11.3 Å². The number of thioether (sulfide) groups is 1. The van der Waals surface area contributed by atoms with Crippen molar-refractivity contribution in [2.45, 2.75) is 13.5 Å². The summed E-state index contributed by atoms with van der Waals surface area (Å²) in [6.07, 6.45) is 1.55. The van der Waals surface area contributed by atoms with Crippen LogP contribution in [-0.2, 0) is 16.1 Å². The standard InChI is InChI=1S/C17H17N3O4S/c1-12-4-6-13(7-5-12)24-10-15(21)18-19-17-20(16(22)11-25-17)9-14-3-2-8-23-14/h2-8H,9-11H2,1H3,(H,18,21). The molecule has 3 rings (SSSR count). The number of nitrogens with zero attached hydrogens (tertiary/aromatic N) is 2. The maximum absolute atomic E-state index is 11.9. The third kappa shape index (κ3) is 4.63. The molecule has 0 radical (unpaired) electrons. The Kier molecular flexibility index (Phi) is 5.39. The van der Waals surface area contributed by atoms with Gasteiger partial charge in [0.25, 0.3) is 5.91 Å². The van der Waals surface area contributed by atoms with Gasteiger partial charge in [0.2, 0.25) is 5.91 Å². The van der Waals surface area contributed by atoms with E-state index in [2.05, 4.69) is 10.5 Å². The number of hydrazone groups is 1. The monoisotopic (exact) mass is 359 g/mol. The molecule has 0 saturated carbocycles. The number of ether oxygens (including phenoxy) is 1. The lowest BCUT2D eigenvalue weighted by Gasteiger charge is -2.14. The molecular formula is C17H17N3O4S. The Bertz CT molecular complexity index is 772. The first-order chi connectivity index (χ1) is 12.1. The summed E-state index contributed by atoms with van der Waals surface area (Å²) in [5, 5.41) is 4.46. The lowest BCUT2D eigenvalue weighted by atomic mass is 10.2. The summed E-state index contributed by atoms with van der Waals surface area (Å²) in [7, 11) is 0. The molecule has 1 aromatic heterocycles. The number of carbonyl (C=O) groups excluding carboxylic acids is 2. The van der Waals surface area contributed by atoms with Crippen molar-refractivity contribution in [1.29, 1.82) is 0 Å². The van der Waals surface area contributed by atoms with E-state index in [9.17, 15) is 9.59 Å². The van der Waals surface area contributed by atoms with Crippen molar-refractivity contribution < 1.29 is 18.7 Å². The van der Waals surface area contributed by atoms with Crippen LogP contribution in [0.5, 0.6) is 5.75 Å². The second-order valence-corrected chi connectivity index (χ2v) is 6.32. The smallest absolute Gasteiger partial charge is 0.278 e. The number of amides is 2. The number of rotatable bonds is 6. The summed E-state index contributed by atoms with van der Waals surface area (Å²) in [4.78, 5) is 25.3. The minimum absolute atomic E-state index is 0.0784. The molecule has 1 saturated heterocycles. The van der Waals surface area contributed by atoms with E-state index in [4.69, 9.17) is 9.15 Å². The number of benzene rings is 1. The number of hydrogen-bond donors (Lipinski definition) is 1. The molecule has 1 aliphatic heterocycles. The van der Waals surface area contributed by atoms with Crippen molar-refractivity contribution in [1.82, 2.24) is 10.3 Å². The predicted octanol–water partition coefficient (Wildman–Crippen LogP) is 2.13. The molecule has 2 amide bonds. The van der Waals surface area contributed by atoms with E-state index in [1.807, 2.05) is 19.1 Å². The molecule has 7 nitrogen and oxygen atoms in total. The Labute approximate surface area is 149 Å². The number of nitrogens with one attached hydrogen (secondary N) is 1. The SMILES string of the molecule is Cc1ccc(OCC(=O)NN=C2SCC(=O)N2Cc2ccco2)cc1. The molecule has 8 heteroatoms. The Morgan fingerprint density at radius 1 is 1.36 bits per heavy atom. The summed E-state index contributed by atoms with van der Waals surface area (Å²) >= 11 is 1.27. The minimum atomic E-state index is -0.397. The fourth-order valence-electron chi connectivity index (χ4n) is 2.12. The lowest BCUT2D eigenvalue weighted by molar-refractivity contribution is -0.125. The highest BCUT2D eigenvalue weighted by atomic mass is 32.2. The van der Waals surface area contributed by atoms with E-state index in [1.165, 1.54) is 16.7 Å². The van der Waals surface area contributed by atoms with Crippen LogP contribution in [0.3, 0.4) is 0 Å². The molecule has 0 atom stereocenters. The van der Waals surface area contributed by atoms with Gasteiger partial charge in [0.15, 0.2) is 11.8 Å².